The summed E-state index contributed by atoms with van der Waals surface area (Å²) < 4.78 is 5.83. The molecule has 3 rings (SSSR count). The number of anilines is 1. The van der Waals surface area contributed by atoms with Crippen molar-refractivity contribution in [1.29, 1.82) is 0 Å². The fourth-order valence-corrected chi connectivity index (χ4v) is 3.40. The van der Waals surface area contributed by atoms with Gasteiger partial charge < -0.3 is 14.5 Å². The number of hydrogen-bond acceptors (Lipinski definition) is 5. The second kappa shape index (κ2) is 6.39. The van der Waals surface area contributed by atoms with E-state index in [-0.39, 0.29) is 23.6 Å². The van der Waals surface area contributed by atoms with Gasteiger partial charge in [-0.25, -0.2) is 0 Å². The first-order chi connectivity index (χ1) is 11.4. The van der Waals surface area contributed by atoms with Crippen LogP contribution in [-0.2, 0) is 4.79 Å². The summed E-state index contributed by atoms with van der Waals surface area (Å²) in [5, 5.41) is 11.0. The molecule has 0 saturated carbocycles. The molecule has 0 spiro atoms. The summed E-state index contributed by atoms with van der Waals surface area (Å²) in [5.41, 5.74) is 0.631. The lowest BCUT2D eigenvalue weighted by atomic mass is 9.97. The lowest BCUT2D eigenvalue weighted by molar-refractivity contribution is -0.384. The van der Waals surface area contributed by atoms with Crippen LogP contribution >= 0.6 is 0 Å². The van der Waals surface area contributed by atoms with Crippen LogP contribution in [0.5, 0.6) is 5.75 Å². The van der Waals surface area contributed by atoms with Crippen LogP contribution in [0.4, 0.5) is 11.4 Å². The predicted molar refractivity (Wildman–Crippen MR) is 90.4 cm³/mol. The topological polar surface area (TPSA) is 75.9 Å². The van der Waals surface area contributed by atoms with Crippen molar-refractivity contribution < 1.29 is 14.5 Å². The zero-order chi connectivity index (χ0) is 17.4. The highest BCUT2D eigenvalue weighted by atomic mass is 16.6. The maximum absolute atomic E-state index is 13.0. The van der Waals surface area contributed by atoms with E-state index in [9.17, 15) is 14.9 Å². The molecule has 1 fully saturated rings. The second-order valence-electron chi connectivity index (χ2n) is 6.93. The number of hydrogen-bond donors (Lipinski definition) is 0. The second-order valence-corrected chi connectivity index (χ2v) is 6.93. The Bertz CT molecular complexity index is 653. The number of likely N-dealkylation sites (tertiary alicyclic amines) is 1. The van der Waals surface area contributed by atoms with E-state index in [1.54, 1.807) is 6.07 Å². The summed E-state index contributed by atoms with van der Waals surface area (Å²) in [6.45, 7) is 5.73. The normalized spacial score (nSPS) is 22.4. The number of amides is 1. The number of carbonyl (C=O) groups is 1. The van der Waals surface area contributed by atoms with Crippen molar-refractivity contribution in [2.24, 2.45) is 5.92 Å². The van der Waals surface area contributed by atoms with Crippen molar-refractivity contribution in [2.75, 3.05) is 25.0 Å². The molecule has 0 N–H and O–H groups in total. The quantitative estimate of drug-likeness (QED) is 0.627. The minimum Gasteiger partial charge on any atom is -0.478 e. The van der Waals surface area contributed by atoms with Crippen molar-refractivity contribution in [3.8, 4) is 5.75 Å². The molecule has 1 amide bonds. The number of nitrogens with zero attached hydrogens (tertiary/aromatic N) is 3. The van der Waals surface area contributed by atoms with Crippen LogP contribution in [0.2, 0.25) is 0 Å². The van der Waals surface area contributed by atoms with Crippen LogP contribution in [0.3, 0.4) is 0 Å². The fourth-order valence-electron chi connectivity index (χ4n) is 3.40. The molecule has 0 bridgehead atoms. The van der Waals surface area contributed by atoms with Crippen LogP contribution in [0.25, 0.3) is 0 Å². The minimum atomic E-state index is -0.598. The minimum absolute atomic E-state index is 0.00123. The molecule has 0 radical (unpaired) electrons. The average Bonchev–Trinajstić information content (AvgIpc) is 2.54. The molecule has 1 aromatic rings. The van der Waals surface area contributed by atoms with E-state index >= 15 is 0 Å². The summed E-state index contributed by atoms with van der Waals surface area (Å²) in [7, 11) is 2.07. The number of fused-ring (bicyclic) bond motifs is 1. The number of nitro benzene ring substituents is 1. The molecule has 2 heterocycles. The summed E-state index contributed by atoms with van der Waals surface area (Å²) in [6, 6.07) is 4.62. The summed E-state index contributed by atoms with van der Waals surface area (Å²) in [4.78, 5) is 27.7. The van der Waals surface area contributed by atoms with Crippen molar-refractivity contribution in [3.63, 3.8) is 0 Å². The number of non-ortho nitro benzene ring substituents is 1. The lowest BCUT2D eigenvalue weighted by Gasteiger charge is -2.42. The maximum atomic E-state index is 13.0. The van der Waals surface area contributed by atoms with Crippen molar-refractivity contribution in [1.82, 2.24) is 4.90 Å². The van der Waals surface area contributed by atoms with Gasteiger partial charge in [-0.1, -0.05) is 13.8 Å². The smallest absolute Gasteiger partial charge is 0.273 e. The first kappa shape index (κ1) is 16.7. The molecule has 2 aliphatic heterocycles. The standard InChI is InChI=1S/C17H23N3O4/c1-11(2)16-17(21)19(12-6-8-18(3)9-7-12)14-5-4-13(20(22)23)10-15(14)24-16/h4-5,10-12,16H,6-9H2,1-3H3. The third kappa shape index (κ3) is 2.96. The summed E-state index contributed by atoms with van der Waals surface area (Å²) in [6.07, 6.45) is 1.19. The first-order valence-corrected chi connectivity index (χ1v) is 8.35. The van der Waals surface area contributed by atoms with Crippen molar-refractivity contribution in [2.45, 2.75) is 38.8 Å². The number of rotatable bonds is 3. The zero-order valence-corrected chi connectivity index (χ0v) is 14.3. The van der Waals surface area contributed by atoms with Gasteiger partial charge in [0.15, 0.2) is 11.9 Å². The molecule has 24 heavy (non-hydrogen) atoms. The first-order valence-electron chi connectivity index (χ1n) is 8.35. The lowest BCUT2D eigenvalue weighted by Crippen LogP contribution is -2.55. The van der Waals surface area contributed by atoms with Gasteiger partial charge in [-0.3, -0.25) is 14.9 Å². The Morgan fingerprint density at radius 3 is 2.54 bits per heavy atom. The van der Waals surface area contributed by atoms with Crippen LogP contribution in [0.1, 0.15) is 26.7 Å². The van der Waals surface area contributed by atoms with Gasteiger partial charge in [0.25, 0.3) is 11.6 Å². The van der Waals surface area contributed by atoms with E-state index in [1.165, 1.54) is 12.1 Å². The number of piperidine rings is 1. The van der Waals surface area contributed by atoms with E-state index < -0.39 is 11.0 Å². The van der Waals surface area contributed by atoms with Gasteiger partial charge >= 0.3 is 0 Å². The molecule has 0 aromatic heterocycles. The van der Waals surface area contributed by atoms with Crippen LogP contribution in [-0.4, -0.2) is 48.0 Å². The van der Waals surface area contributed by atoms with E-state index in [2.05, 4.69) is 11.9 Å². The highest BCUT2D eigenvalue weighted by Gasteiger charge is 2.40. The van der Waals surface area contributed by atoms with E-state index in [0.29, 0.717) is 11.4 Å². The van der Waals surface area contributed by atoms with Gasteiger partial charge in [-0.2, -0.15) is 0 Å². The SMILES string of the molecule is CC(C)C1Oc2cc([N+](=O)[O-])ccc2N(C2CCN(C)CC2)C1=O. The monoisotopic (exact) mass is 333 g/mol. The molecular weight excluding hydrogens is 310 g/mol. The fraction of sp³-hybridized carbons (Fsp3) is 0.588. The Hall–Kier alpha value is -2.15. The predicted octanol–water partition coefficient (Wildman–Crippen LogP) is 2.44. The number of carbonyl (C=O) groups excluding carboxylic acids is 1. The molecule has 0 aliphatic carbocycles. The molecule has 1 aromatic carbocycles. The van der Waals surface area contributed by atoms with Gasteiger partial charge in [-0.15, -0.1) is 0 Å². The van der Waals surface area contributed by atoms with E-state index in [4.69, 9.17) is 4.74 Å². The molecule has 130 valence electrons. The van der Waals surface area contributed by atoms with Gasteiger partial charge in [0, 0.05) is 12.1 Å². The molecule has 1 atom stereocenters. The van der Waals surface area contributed by atoms with E-state index in [1.807, 2.05) is 18.7 Å². The molecule has 2 aliphatic rings. The Labute approximate surface area is 141 Å². The Kier molecular flexibility index (Phi) is 4.45. The number of benzene rings is 1. The highest BCUT2D eigenvalue weighted by molar-refractivity contribution is 6.01. The van der Waals surface area contributed by atoms with Crippen LogP contribution in [0, 0.1) is 16.0 Å². The van der Waals surface area contributed by atoms with Crippen molar-refractivity contribution in [3.05, 3.63) is 28.3 Å². The highest BCUT2D eigenvalue weighted by Crippen LogP contribution is 2.40. The van der Waals surface area contributed by atoms with Crippen molar-refractivity contribution >= 4 is 17.3 Å². The zero-order valence-electron chi connectivity index (χ0n) is 14.3. The molecule has 7 nitrogen and oxygen atoms in total. The van der Waals surface area contributed by atoms with Gasteiger partial charge in [0.2, 0.25) is 0 Å². The molecular formula is C17H23N3O4. The third-order valence-corrected chi connectivity index (χ3v) is 4.81. The summed E-state index contributed by atoms with van der Waals surface area (Å²) >= 11 is 0. The Morgan fingerprint density at radius 1 is 1.29 bits per heavy atom. The average molecular weight is 333 g/mol. The van der Waals surface area contributed by atoms with Gasteiger partial charge in [0.1, 0.15) is 0 Å². The molecule has 1 unspecified atom stereocenters. The van der Waals surface area contributed by atoms with E-state index in [0.717, 1.165) is 25.9 Å². The van der Waals surface area contributed by atoms with Gasteiger partial charge in [-0.05, 0) is 45.0 Å². The van der Waals surface area contributed by atoms with Gasteiger partial charge in [0.05, 0.1) is 16.7 Å². The molecule has 7 heteroatoms. The Balaban J connectivity index is 2.00. The largest absolute Gasteiger partial charge is 0.478 e. The number of nitro groups is 1. The number of ether oxygens (including phenoxy) is 1. The molecule has 1 saturated heterocycles. The Morgan fingerprint density at radius 2 is 1.96 bits per heavy atom. The summed E-state index contributed by atoms with van der Waals surface area (Å²) in [5.74, 6) is 0.390. The third-order valence-electron chi connectivity index (χ3n) is 4.81. The van der Waals surface area contributed by atoms with Crippen LogP contribution in [0.15, 0.2) is 18.2 Å². The maximum Gasteiger partial charge on any atom is 0.273 e. The van der Waals surface area contributed by atoms with Crippen LogP contribution < -0.4 is 9.64 Å².